The number of nitrogens with zero attached hydrogens (tertiary/aromatic N) is 1. The van der Waals surface area contributed by atoms with E-state index < -0.39 is 5.91 Å². The maximum Gasteiger partial charge on any atom is 0.250 e. The van der Waals surface area contributed by atoms with Crippen molar-refractivity contribution in [3.05, 3.63) is 48.3 Å². The zero-order chi connectivity index (χ0) is 15.4. The first-order chi connectivity index (χ1) is 10.7. The molecule has 0 spiro atoms. The lowest BCUT2D eigenvalue weighted by Crippen LogP contribution is -2.14. The smallest absolute Gasteiger partial charge is 0.250 e. The Morgan fingerprint density at radius 2 is 1.86 bits per heavy atom. The molecule has 0 unspecified atom stereocenters. The maximum atomic E-state index is 11.1. The third-order valence-electron chi connectivity index (χ3n) is 3.81. The Morgan fingerprint density at radius 1 is 1.14 bits per heavy atom. The van der Waals surface area contributed by atoms with Crippen LogP contribution in [0.4, 0.5) is 5.69 Å². The Hall–Kier alpha value is -2.56. The predicted octanol–water partition coefficient (Wildman–Crippen LogP) is 3.33. The number of nitrogens with two attached hydrogens (primary N) is 1. The lowest BCUT2D eigenvalue weighted by atomic mass is 10.2. The van der Waals surface area contributed by atoms with Crippen LogP contribution in [0.1, 0.15) is 36.0 Å². The summed E-state index contributed by atoms with van der Waals surface area (Å²) in [5.74, 6) is 0.669. The van der Waals surface area contributed by atoms with Crippen LogP contribution in [0.5, 0.6) is 11.5 Å². The molecule has 0 radical (unpaired) electrons. The Bertz CT molecular complexity index is 649. The second-order valence-electron chi connectivity index (χ2n) is 5.53. The average Bonchev–Trinajstić information content (AvgIpc) is 3.02. The van der Waals surface area contributed by atoms with Crippen LogP contribution in [0.3, 0.4) is 0 Å². The minimum absolute atomic E-state index is 0.331. The van der Waals surface area contributed by atoms with E-state index in [1.165, 1.54) is 31.9 Å². The fourth-order valence-electron chi connectivity index (χ4n) is 2.67. The number of pyridine rings is 1. The van der Waals surface area contributed by atoms with Gasteiger partial charge in [-0.1, -0.05) is 12.8 Å². The van der Waals surface area contributed by atoms with Gasteiger partial charge in [0.2, 0.25) is 5.91 Å². The Labute approximate surface area is 129 Å². The minimum atomic E-state index is -0.519. The van der Waals surface area contributed by atoms with E-state index in [1.54, 1.807) is 12.3 Å². The molecule has 1 saturated carbocycles. The molecular formula is C17H19N3O2. The first-order valence-corrected chi connectivity index (χ1v) is 7.50. The summed E-state index contributed by atoms with van der Waals surface area (Å²) in [5.41, 5.74) is 6.66. The molecule has 1 aliphatic rings. The number of carbonyl (C=O) groups is 1. The number of primary amides is 1. The minimum Gasteiger partial charge on any atom is -0.456 e. The molecule has 5 heteroatoms. The van der Waals surface area contributed by atoms with Crippen molar-refractivity contribution < 1.29 is 9.53 Å². The molecule has 1 aliphatic carbocycles. The summed E-state index contributed by atoms with van der Waals surface area (Å²) in [5, 5.41) is 3.53. The second kappa shape index (κ2) is 6.47. The highest BCUT2D eigenvalue weighted by atomic mass is 16.5. The number of ether oxygens (including phenoxy) is 1. The molecule has 22 heavy (non-hydrogen) atoms. The van der Waals surface area contributed by atoms with Gasteiger partial charge in [0.25, 0.3) is 0 Å². The number of nitrogens with one attached hydrogen (secondary N) is 1. The summed E-state index contributed by atoms with van der Waals surface area (Å²) in [4.78, 5) is 15.1. The average molecular weight is 297 g/mol. The van der Waals surface area contributed by atoms with Gasteiger partial charge >= 0.3 is 0 Å². The molecule has 0 saturated heterocycles. The van der Waals surface area contributed by atoms with Crippen molar-refractivity contribution in [3.63, 3.8) is 0 Å². The van der Waals surface area contributed by atoms with E-state index in [1.807, 2.05) is 24.3 Å². The molecule has 1 fully saturated rings. The van der Waals surface area contributed by atoms with Crippen molar-refractivity contribution in [2.24, 2.45) is 5.73 Å². The molecule has 0 bridgehead atoms. The molecular weight excluding hydrogens is 278 g/mol. The molecule has 3 rings (SSSR count). The zero-order valence-corrected chi connectivity index (χ0v) is 12.3. The van der Waals surface area contributed by atoms with Gasteiger partial charge in [0, 0.05) is 17.9 Å². The van der Waals surface area contributed by atoms with Gasteiger partial charge in [-0.2, -0.15) is 0 Å². The van der Waals surface area contributed by atoms with Crippen LogP contribution in [0.25, 0.3) is 0 Å². The normalized spacial score (nSPS) is 14.7. The molecule has 0 aliphatic heterocycles. The molecule has 1 heterocycles. The number of amides is 1. The summed E-state index contributed by atoms with van der Waals surface area (Å²) in [6.07, 6.45) is 8.07. The van der Waals surface area contributed by atoms with Crippen molar-refractivity contribution in [2.45, 2.75) is 31.7 Å². The lowest BCUT2D eigenvalue weighted by Gasteiger charge is -2.14. The molecule has 0 atom stereocenters. The van der Waals surface area contributed by atoms with Gasteiger partial charge < -0.3 is 15.8 Å². The fraction of sp³-hybridized carbons (Fsp3) is 0.294. The first kappa shape index (κ1) is 14.4. The number of hydrogen-bond acceptors (Lipinski definition) is 4. The van der Waals surface area contributed by atoms with E-state index in [0.29, 0.717) is 23.1 Å². The Morgan fingerprint density at radius 3 is 2.55 bits per heavy atom. The molecule has 5 nitrogen and oxygen atoms in total. The SMILES string of the molecule is NC(=O)c1cncc(Oc2ccc(NC3CCCC3)cc2)c1. The zero-order valence-electron chi connectivity index (χ0n) is 12.3. The van der Waals surface area contributed by atoms with Crippen molar-refractivity contribution in [2.75, 3.05) is 5.32 Å². The van der Waals surface area contributed by atoms with E-state index in [9.17, 15) is 4.79 Å². The van der Waals surface area contributed by atoms with Crippen LogP contribution in [0, 0.1) is 0 Å². The van der Waals surface area contributed by atoms with Crippen LogP contribution in [0.15, 0.2) is 42.7 Å². The summed E-state index contributed by atoms with van der Waals surface area (Å²) in [6.45, 7) is 0. The quantitative estimate of drug-likeness (QED) is 0.887. The third kappa shape index (κ3) is 3.55. The number of benzene rings is 1. The van der Waals surface area contributed by atoms with E-state index in [-0.39, 0.29) is 0 Å². The predicted molar refractivity (Wildman–Crippen MR) is 85.1 cm³/mol. The first-order valence-electron chi connectivity index (χ1n) is 7.50. The van der Waals surface area contributed by atoms with E-state index in [4.69, 9.17) is 10.5 Å². The summed E-state index contributed by atoms with van der Waals surface area (Å²) in [7, 11) is 0. The summed E-state index contributed by atoms with van der Waals surface area (Å²) < 4.78 is 5.70. The van der Waals surface area contributed by atoms with Crippen LogP contribution < -0.4 is 15.8 Å². The standard InChI is InChI=1S/C17H19N3O2/c18-17(21)12-9-16(11-19-10-12)22-15-7-5-14(6-8-15)20-13-3-1-2-4-13/h5-11,13,20H,1-4H2,(H2,18,21). The van der Waals surface area contributed by atoms with Gasteiger partial charge in [-0.3, -0.25) is 9.78 Å². The van der Waals surface area contributed by atoms with Crippen LogP contribution in [0.2, 0.25) is 0 Å². The second-order valence-corrected chi connectivity index (χ2v) is 5.53. The summed E-state index contributed by atoms with van der Waals surface area (Å²) in [6, 6.07) is 9.96. The number of anilines is 1. The monoisotopic (exact) mass is 297 g/mol. The highest BCUT2D eigenvalue weighted by Gasteiger charge is 2.14. The number of rotatable bonds is 5. The molecule has 1 aromatic carbocycles. The van der Waals surface area contributed by atoms with Crippen LogP contribution in [-0.2, 0) is 0 Å². The van der Waals surface area contributed by atoms with Gasteiger partial charge in [-0.25, -0.2) is 0 Å². The van der Waals surface area contributed by atoms with Crippen molar-refractivity contribution >= 4 is 11.6 Å². The molecule has 114 valence electrons. The number of carbonyl (C=O) groups excluding carboxylic acids is 1. The van der Waals surface area contributed by atoms with Gasteiger partial charge in [0.05, 0.1) is 11.8 Å². The third-order valence-corrected chi connectivity index (χ3v) is 3.81. The van der Waals surface area contributed by atoms with Gasteiger partial charge in [0.1, 0.15) is 11.5 Å². The number of hydrogen-bond donors (Lipinski definition) is 2. The Balaban J connectivity index is 1.65. The molecule has 2 aromatic rings. The van der Waals surface area contributed by atoms with E-state index >= 15 is 0 Å². The van der Waals surface area contributed by atoms with Crippen molar-refractivity contribution in [3.8, 4) is 11.5 Å². The van der Waals surface area contributed by atoms with E-state index in [0.717, 1.165) is 5.69 Å². The van der Waals surface area contributed by atoms with Crippen LogP contribution >= 0.6 is 0 Å². The van der Waals surface area contributed by atoms with Gasteiger partial charge in [-0.05, 0) is 43.2 Å². The molecule has 1 amide bonds. The lowest BCUT2D eigenvalue weighted by molar-refractivity contribution is 0.0999. The largest absolute Gasteiger partial charge is 0.456 e. The van der Waals surface area contributed by atoms with Crippen molar-refractivity contribution in [1.29, 1.82) is 0 Å². The summed E-state index contributed by atoms with van der Waals surface area (Å²) >= 11 is 0. The van der Waals surface area contributed by atoms with E-state index in [2.05, 4.69) is 10.3 Å². The van der Waals surface area contributed by atoms with Gasteiger partial charge in [0.15, 0.2) is 0 Å². The van der Waals surface area contributed by atoms with Crippen molar-refractivity contribution in [1.82, 2.24) is 4.98 Å². The molecule has 1 aromatic heterocycles. The maximum absolute atomic E-state index is 11.1. The fourth-order valence-corrected chi connectivity index (χ4v) is 2.67. The Kier molecular flexibility index (Phi) is 4.23. The number of aromatic nitrogens is 1. The highest BCUT2D eigenvalue weighted by molar-refractivity contribution is 5.92. The molecule has 3 N–H and O–H groups in total. The highest BCUT2D eigenvalue weighted by Crippen LogP contribution is 2.26. The topological polar surface area (TPSA) is 77.2 Å². The van der Waals surface area contributed by atoms with Crippen LogP contribution in [-0.4, -0.2) is 16.9 Å². The van der Waals surface area contributed by atoms with Gasteiger partial charge in [-0.15, -0.1) is 0 Å².